The molecule has 0 aliphatic carbocycles. The van der Waals surface area contributed by atoms with Crippen LogP contribution in [0.1, 0.15) is 18.6 Å². The van der Waals surface area contributed by atoms with Gasteiger partial charge in [-0.1, -0.05) is 42.5 Å². The van der Waals surface area contributed by atoms with Gasteiger partial charge in [0, 0.05) is 0 Å². The highest BCUT2D eigenvalue weighted by molar-refractivity contribution is 6.00. The molecule has 0 saturated carbocycles. The fraction of sp³-hybridized carbons (Fsp3) is 0.125. The summed E-state index contributed by atoms with van der Waals surface area (Å²) < 4.78 is 5.60. The van der Waals surface area contributed by atoms with Crippen LogP contribution in [0.4, 0.5) is 0 Å². The quantitative estimate of drug-likeness (QED) is 0.502. The van der Waals surface area contributed by atoms with Crippen molar-refractivity contribution in [3.63, 3.8) is 0 Å². The van der Waals surface area contributed by atoms with Crippen LogP contribution in [0.3, 0.4) is 0 Å². The van der Waals surface area contributed by atoms with Gasteiger partial charge in [-0.3, -0.25) is 0 Å². The zero-order valence-electron chi connectivity index (χ0n) is 10.7. The fourth-order valence-corrected chi connectivity index (χ4v) is 2.73. The van der Waals surface area contributed by atoms with Gasteiger partial charge in [0.25, 0.3) is 0 Å². The van der Waals surface area contributed by atoms with Gasteiger partial charge >= 0.3 is 0 Å². The fourth-order valence-electron chi connectivity index (χ4n) is 2.47. The molecule has 0 radical (unpaired) electrons. The monoisotopic (exact) mass is 252 g/mol. The summed E-state index contributed by atoms with van der Waals surface area (Å²) in [5.41, 5.74) is 1.29. The van der Waals surface area contributed by atoms with E-state index in [0.717, 1.165) is 10.5 Å². The van der Waals surface area contributed by atoms with E-state index in [1.807, 2.05) is 0 Å². The Labute approximate surface area is 110 Å². The van der Waals surface area contributed by atoms with Crippen molar-refractivity contribution in [1.82, 2.24) is 0 Å². The summed E-state index contributed by atoms with van der Waals surface area (Å²) >= 11 is 0. The third-order valence-electron chi connectivity index (χ3n) is 3.57. The van der Waals surface area contributed by atoms with Crippen molar-refractivity contribution >= 4 is 32.0 Å². The highest BCUT2D eigenvalue weighted by atomic mass is 28.2. The highest BCUT2D eigenvalue weighted by Gasteiger charge is 2.08. The minimum atomic E-state index is 0.182. The molecule has 90 valence electrons. The van der Waals surface area contributed by atoms with Gasteiger partial charge in [-0.15, -0.1) is 0 Å². The lowest BCUT2D eigenvalue weighted by molar-refractivity contribution is 0.252. The van der Waals surface area contributed by atoms with Crippen LogP contribution in [-0.4, -0.2) is 10.5 Å². The van der Waals surface area contributed by atoms with E-state index in [-0.39, 0.29) is 6.10 Å². The third kappa shape index (κ3) is 1.84. The van der Waals surface area contributed by atoms with E-state index < -0.39 is 0 Å². The Morgan fingerprint density at radius 3 is 2.28 bits per heavy atom. The number of hydrogen-bond acceptors (Lipinski definition) is 1. The van der Waals surface area contributed by atoms with Gasteiger partial charge in [-0.25, -0.2) is 0 Å². The van der Waals surface area contributed by atoms with Gasteiger partial charge in [-0.2, -0.15) is 0 Å². The molecular weight excluding hydrogens is 236 g/mol. The standard InChI is InChI=1S/C16H16OSi/c1-11(17-18)15-8-4-7-14-9-12-5-2-3-6-13(12)10-16(14)15/h2-11H,1,18H3. The second-order valence-electron chi connectivity index (χ2n) is 4.65. The van der Waals surface area contributed by atoms with Gasteiger partial charge in [0.2, 0.25) is 0 Å². The molecule has 0 bridgehead atoms. The summed E-state index contributed by atoms with van der Waals surface area (Å²) in [7, 11) is 0.768. The Balaban J connectivity index is 2.36. The maximum Gasteiger partial charge on any atom is 0.146 e. The van der Waals surface area contributed by atoms with E-state index in [0.29, 0.717) is 0 Å². The zero-order chi connectivity index (χ0) is 12.5. The summed E-state index contributed by atoms with van der Waals surface area (Å²) in [4.78, 5) is 0. The molecular formula is C16H16OSi. The SMILES string of the molecule is CC(O[SiH3])c1cccc2cc3ccccc3cc12. The second kappa shape index (κ2) is 4.56. The molecule has 0 aromatic heterocycles. The Morgan fingerprint density at radius 2 is 1.56 bits per heavy atom. The molecule has 3 rings (SSSR count). The number of fused-ring (bicyclic) bond motifs is 2. The molecule has 0 amide bonds. The van der Waals surface area contributed by atoms with Crippen LogP contribution in [0.15, 0.2) is 54.6 Å². The van der Waals surface area contributed by atoms with Crippen molar-refractivity contribution < 1.29 is 4.43 Å². The summed E-state index contributed by atoms with van der Waals surface area (Å²) in [6.45, 7) is 2.12. The van der Waals surface area contributed by atoms with Crippen molar-refractivity contribution in [2.75, 3.05) is 0 Å². The molecule has 0 aliphatic heterocycles. The first-order valence-electron chi connectivity index (χ1n) is 6.24. The van der Waals surface area contributed by atoms with Crippen molar-refractivity contribution in [2.45, 2.75) is 13.0 Å². The largest absolute Gasteiger partial charge is 0.421 e. The van der Waals surface area contributed by atoms with Crippen LogP contribution in [0, 0.1) is 0 Å². The Hall–Kier alpha value is -1.64. The van der Waals surface area contributed by atoms with Crippen LogP contribution >= 0.6 is 0 Å². The summed E-state index contributed by atoms with van der Waals surface area (Å²) in [5.74, 6) is 0. The number of rotatable bonds is 2. The number of hydrogen-bond donors (Lipinski definition) is 0. The summed E-state index contributed by atoms with van der Waals surface area (Å²) in [6.07, 6.45) is 0.182. The van der Waals surface area contributed by atoms with E-state index in [1.165, 1.54) is 27.1 Å². The molecule has 0 fully saturated rings. The molecule has 0 N–H and O–H groups in total. The molecule has 3 aromatic carbocycles. The smallest absolute Gasteiger partial charge is 0.146 e. The molecule has 2 heteroatoms. The maximum atomic E-state index is 5.60. The van der Waals surface area contributed by atoms with Crippen LogP contribution in [0.2, 0.25) is 0 Å². The van der Waals surface area contributed by atoms with Gasteiger partial charge < -0.3 is 4.43 Å². The third-order valence-corrected chi connectivity index (χ3v) is 4.28. The van der Waals surface area contributed by atoms with Gasteiger partial charge in [0.15, 0.2) is 0 Å². The minimum absolute atomic E-state index is 0.182. The van der Waals surface area contributed by atoms with Crippen molar-refractivity contribution in [3.8, 4) is 0 Å². The van der Waals surface area contributed by atoms with Crippen LogP contribution in [-0.2, 0) is 4.43 Å². The maximum absolute atomic E-state index is 5.60. The average molecular weight is 252 g/mol. The van der Waals surface area contributed by atoms with E-state index >= 15 is 0 Å². The van der Waals surface area contributed by atoms with Crippen LogP contribution in [0.25, 0.3) is 21.5 Å². The molecule has 1 nitrogen and oxygen atoms in total. The molecule has 0 heterocycles. The Kier molecular flexibility index (Phi) is 2.90. The first kappa shape index (κ1) is 11.4. The van der Waals surface area contributed by atoms with Gasteiger partial charge in [0.05, 0.1) is 6.10 Å². The Morgan fingerprint density at radius 1 is 0.889 bits per heavy atom. The predicted octanol–water partition coefficient (Wildman–Crippen LogP) is 3.35. The van der Waals surface area contributed by atoms with Crippen molar-refractivity contribution in [3.05, 3.63) is 60.2 Å². The minimum Gasteiger partial charge on any atom is -0.421 e. The van der Waals surface area contributed by atoms with Crippen molar-refractivity contribution in [2.24, 2.45) is 0 Å². The second-order valence-corrected chi connectivity index (χ2v) is 5.12. The molecule has 3 aromatic rings. The lowest BCUT2D eigenvalue weighted by atomic mass is 9.97. The lowest BCUT2D eigenvalue weighted by Crippen LogP contribution is -1.97. The molecule has 0 aliphatic rings. The van der Waals surface area contributed by atoms with E-state index in [1.54, 1.807) is 0 Å². The van der Waals surface area contributed by atoms with E-state index in [2.05, 4.69) is 61.5 Å². The molecule has 1 atom stereocenters. The Bertz CT molecular complexity index is 706. The van der Waals surface area contributed by atoms with Crippen LogP contribution < -0.4 is 0 Å². The highest BCUT2D eigenvalue weighted by Crippen LogP contribution is 2.29. The van der Waals surface area contributed by atoms with Gasteiger partial charge in [-0.05, 0) is 46.2 Å². The molecule has 1 unspecified atom stereocenters. The number of benzene rings is 3. The predicted molar refractivity (Wildman–Crippen MR) is 80.9 cm³/mol. The van der Waals surface area contributed by atoms with E-state index in [4.69, 9.17) is 4.43 Å². The molecule has 0 spiro atoms. The normalized spacial score (nSPS) is 13.2. The first-order valence-corrected chi connectivity index (χ1v) is 7.05. The summed E-state index contributed by atoms with van der Waals surface area (Å²) in [6, 6.07) is 19.5. The topological polar surface area (TPSA) is 9.23 Å². The van der Waals surface area contributed by atoms with Crippen molar-refractivity contribution in [1.29, 1.82) is 0 Å². The van der Waals surface area contributed by atoms with Crippen LogP contribution in [0.5, 0.6) is 0 Å². The zero-order valence-corrected chi connectivity index (χ0v) is 12.7. The molecule has 0 saturated heterocycles. The molecule has 18 heavy (non-hydrogen) atoms. The van der Waals surface area contributed by atoms with Gasteiger partial charge in [0.1, 0.15) is 10.5 Å². The summed E-state index contributed by atoms with van der Waals surface area (Å²) in [5, 5.41) is 5.18. The average Bonchev–Trinajstić information content (AvgIpc) is 2.43. The lowest BCUT2D eigenvalue weighted by Gasteiger charge is -2.14. The first-order chi connectivity index (χ1) is 8.79. The van der Waals surface area contributed by atoms with E-state index in [9.17, 15) is 0 Å².